The summed E-state index contributed by atoms with van der Waals surface area (Å²) in [6, 6.07) is 18.4. The third-order valence-electron chi connectivity index (χ3n) is 20.7. The van der Waals surface area contributed by atoms with Crippen LogP contribution in [0.5, 0.6) is 0 Å². The number of hydrogen-bond donors (Lipinski definition) is 9. The minimum Gasteiger partial charge on any atom is -0.445 e. The smallest absolute Gasteiger partial charge is 0.407 e. The molecule has 12 atom stereocenters. The molecule has 4 fully saturated rings. The summed E-state index contributed by atoms with van der Waals surface area (Å²) in [5.41, 5.74) is 2.31. The van der Waals surface area contributed by atoms with Crippen LogP contribution in [0, 0.1) is 40.4 Å². The number of alkyl halides is 2. The van der Waals surface area contributed by atoms with E-state index in [4.69, 9.17) is 43.6 Å². The van der Waals surface area contributed by atoms with Crippen LogP contribution in [0.15, 0.2) is 96.6 Å². The van der Waals surface area contributed by atoms with Crippen molar-refractivity contribution in [1.29, 1.82) is 0 Å². The number of rotatable bonds is 39. The summed E-state index contributed by atoms with van der Waals surface area (Å²) in [6.07, 6.45) is -1.35. The van der Waals surface area contributed by atoms with Crippen LogP contribution in [-0.4, -0.2) is 198 Å². The Morgan fingerprint density at radius 3 is 2.14 bits per heavy atom. The van der Waals surface area contributed by atoms with Gasteiger partial charge >= 0.3 is 12.1 Å². The fraction of sp³-hybridized carbons (Fsp3) is 0.558. The Labute approximate surface area is 620 Å². The van der Waals surface area contributed by atoms with Gasteiger partial charge in [0.25, 0.3) is 0 Å². The van der Waals surface area contributed by atoms with E-state index in [1.807, 2.05) is 55.5 Å². The minimum absolute atomic E-state index is 0.0184. The van der Waals surface area contributed by atoms with Crippen molar-refractivity contribution in [2.75, 3.05) is 96.0 Å². The number of aliphatic hydroxyl groups excluding tert-OH is 1. The molecule has 580 valence electrons. The zero-order valence-corrected chi connectivity index (χ0v) is 61.1. The molecule has 9 amide bonds. The van der Waals surface area contributed by atoms with Gasteiger partial charge in [0.15, 0.2) is 29.1 Å². The molecule has 0 bridgehead atoms. The van der Waals surface area contributed by atoms with E-state index in [-0.39, 0.29) is 135 Å². The van der Waals surface area contributed by atoms with Gasteiger partial charge in [-0.2, -0.15) is 0 Å². The van der Waals surface area contributed by atoms with Gasteiger partial charge in [-0.05, 0) is 116 Å². The summed E-state index contributed by atoms with van der Waals surface area (Å²) in [4.78, 5) is 132. The lowest BCUT2D eigenvalue weighted by molar-refractivity contribution is -0.235. The van der Waals surface area contributed by atoms with Gasteiger partial charge < -0.3 is 90.9 Å². The number of Topliss-reactive ketones (excluding diaryl/α,β-unsaturated/α-hetero) is 1. The Hall–Kier alpha value is -9.06. The van der Waals surface area contributed by atoms with E-state index in [2.05, 4.69) is 49.1 Å². The van der Waals surface area contributed by atoms with Gasteiger partial charge in [0.2, 0.25) is 35.4 Å². The molecular weight excluding hydrogens is 1390 g/mol. The highest BCUT2D eigenvalue weighted by atomic mass is 19.1. The number of nitrogens with zero attached hydrogens (tertiary/aromatic N) is 1. The Balaban J connectivity index is 0.618. The number of nitrogens with two attached hydrogens (primary N) is 1. The molecule has 10 N–H and O–H groups in total. The number of para-hydroxylation sites is 1. The molecular formula is C77H99F2N9O19. The van der Waals surface area contributed by atoms with Crippen LogP contribution in [-0.2, 0) is 89.4 Å². The summed E-state index contributed by atoms with van der Waals surface area (Å²) in [6.45, 7) is 9.35. The number of urea groups is 1. The van der Waals surface area contributed by atoms with Crippen molar-refractivity contribution in [1.82, 2.24) is 31.9 Å². The summed E-state index contributed by atoms with van der Waals surface area (Å²) in [7, 11) is 0. The predicted octanol–water partition coefficient (Wildman–Crippen LogP) is 5.09. The molecule has 2 heterocycles. The number of halogens is 2. The van der Waals surface area contributed by atoms with Gasteiger partial charge in [-0.15, -0.1) is 0 Å². The first-order valence-corrected chi connectivity index (χ1v) is 36.5. The van der Waals surface area contributed by atoms with Crippen molar-refractivity contribution in [3.63, 3.8) is 0 Å². The topological polar surface area (TPSA) is 378 Å². The average molecular weight is 1490 g/mol. The third-order valence-corrected chi connectivity index (χ3v) is 20.7. The van der Waals surface area contributed by atoms with Crippen LogP contribution in [0.4, 0.5) is 29.7 Å². The molecule has 0 spiro atoms. The van der Waals surface area contributed by atoms with Crippen LogP contribution in [0.2, 0.25) is 0 Å². The van der Waals surface area contributed by atoms with Crippen molar-refractivity contribution in [3.05, 3.63) is 119 Å². The first kappa shape index (κ1) is 82.0. The number of fused-ring (bicyclic) bond motifs is 9. The molecule has 30 heteroatoms. The number of ketones is 2. The van der Waals surface area contributed by atoms with E-state index in [1.165, 1.54) is 31.2 Å². The molecule has 1 saturated heterocycles. The fourth-order valence-electron chi connectivity index (χ4n) is 15.3. The number of primary amides is 1. The molecule has 3 saturated carbocycles. The molecule has 0 aromatic heterocycles. The Morgan fingerprint density at radius 2 is 1.43 bits per heavy atom. The van der Waals surface area contributed by atoms with Gasteiger partial charge in [-0.1, -0.05) is 94.5 Å². The molecule has 107 heavy (non-hydrogen) atoms. The van der Waals surface area contributed by atoms with Crippen molar-refractivity contribution >= 4 is 70.5 Å². The quantitative estimate of drug-likeness (QED) is 0.0204. The second kappa shape index (κ2) is 38.1. The van der Waals surface area contributed by atoms with E-state index in [1.54, 1.807) is 37.8 Å². The van der Waals surface area contributed by atoms with Crippen LogP contribution < -0.4 is 47.9 Å². The lowest BCUT2D eigenvalue weighted by atomic mass is 9.44. The number of benzene rings is 3. The molecule has 6 aliphatic rings. The number of allylic oxidation sites excluding steroid dienone is 4. The van der Waals surface area contributed by atoms with E-state index in [0.717, 1.165) is 22.8 Å². The summed E-state index contributed by atoms with van der Waals surface area (Å²) in [5, 5.41) is 30.1. The highest BCUT2D eigenvalue weighted by Crippen LogP contribution is 2.72. The Bertz CT molecular complexity index is 3810. The standard InChI is InChI=1S/C77H99F2N9O19/c1-6-12-68-106-63-41-55-56-40-58(78)57-39-54(89)26-28-74(57,4)76(56,79)61(90)42-75(55,5)77(63,107-68)62(91)46-104-47-84-66(94)43-83-73(99)105-45-49-18-22-53(23-19-49)85-70(96)59(16-11-29-82-72(80)98)86-71(97)69(48(2)3)87-65(93)27-31-100-33-35-102-37-38-103-36-34-101-32-30-81-64(92)24-25-67(95)88-44-52-15-8-7-13-50(52)20-21-51-14-9-10-17-60(51)88/h7-10,13-15,17-19,22-23,26,28,39,48,55-56,58-59,61,63,68-69,90H,6,11-12,16,24-25,27,29-38,40-47H2,1-5H3,(H,81,92)(H,83,99)(H,84,94)(H,85,96)(H,86,97)(H,87,93)(H3,80,82,98)/t55-,56-,58-,59-,61-,63+,68?,69-,74-,75-,76-,77+/m0/s1. The zero-order valence-electron chi connectivity index (χ0n) is 61.1. The number of amides is 9. The molecule has 4 aliphatic carbocycles. The van der Waals surface area contributed by atoms with Crippen molar-refractivity contribution in [2.45, 2.75) is 160 Å². The molecule has 3 aromatic rings. The molecule has 9 rings (SSSR count). The zero-order chi connectivity index (χ0) is 76.9. The molecule has 1 unspecified atom stereocenters. The normalized spacial score (nSPS) is 24.8. The first-order chi connectivity index (χ1) is 51.3. The lowest BCUT2D eigenvalue weighted by Gasteiger charge is -2.63. The number of ether oxygens (including phenoxy) is 8. The summed E-state index contributed by atoms with van der Waals surface area (Å²) in [5.74, 6) is 0.340. The largest absolute Gasteiger partial charge is 0.445 e. The van der Waals surface area contributed by atoms with E-state index in [9.17, 15) is 53.1 Å². The van der Waals surface area contributed by atoms with Gasteiger partial charge in [-0.3, -0.25) is 38.4 Å². The van der Waals surface area contributed by atoms with Gasteiger partial charge in [0, 0.05) is 65.9 Å². The van der Waals surface area contributed by atoms with Crippen LogP contribution in [0.25, 0.3) is 0 Å². The molecule has 0 radical (unpaired) electrons. The monoisotopic (exact) mass is 1490 g/mol. The van der Waals surface area contributed by atoms with E-state index < -0.39 is 144 Å². The number of carbonyl (C=O) groups is 10. The third kappa shape index (κ3) is 20.2. The number of anilines is 2. The predicted molar refractivity (Wildman–Crippen MR) is 384 cm³/mol. The molecule has 28 nitrogen and oxygen atoms in total. The molecule has 2 aliphatic heterocycles. The summed E-state index contributed by atoms with van der Waals surface area (Å²) >= 11 is 0. The first-order valence-electron chi connectivity index (χ1n) is 36.5. The van der Waals surface area contributed by atoms with Crippen LogP contribution in [0.3, 0.4) is 0 Å². The maximum atomic E-state index is 17.9. The van der Waals surface area contributed by atoms with Gasteiger partial charge in [-0.25, -0.2) is 18.4 Å². The number of carbonyl (C=O) groups excluding carboxylic acids is 10. The van der Waals surface area contributed by atoms with Crippen LogP contribution >= 0.6 is 0 Å². The van der Waals surface area contributed by atoms with Crippen molar-refractivity contribution in [2.24, 2.45) is 34.3 Å². The van der Waals surface area contributed by atoms with Crippen LogP contribution in [0.1, 0.15) is 121 Å². The van der Waals surface area contributed by atoms with E-state index in [0.29, 0.717) is 42.9 Å². The number of nitrogens with one attached hydrogen (secondary N) is 7. The maximum Gasteiger partial charge on any atom is 0.407 e. The lowest BCUT2D eigenvalue weighted by Crippen LogP contribution is -2.71. The number of aliphatic hydroxyl groups is 1. The fourth-order valence-corrected chi connectivity index (χ4v) is 15.3. The second-order valence-corrected chi connectivity index (χ2v) is 28.2. The average Bonchev–Trinajstić information content (AvgIpc) is 1.55. The van der Waals surface area contributed by atoms with Crippen molar-refractivity contribution in [3.8, 4) is 11.8 Å². The number of hydrogen-bond acceptors (Lipinski definition) is 19. The SMILES string of the molecule is CCCC1O[C@@H]2C[C@H]3[C@@H]4C[C@H](F)C5=CC(=O)C=C[C@]5(C)[C@@]4(F)[C@@H](O)C[C@]3(C)[C@]2(C(=O)COCNC(=O)CNC(=O)OCc2ccc(NC(=O)[C@H](CCCNC(N)=O)NC(=O)[C@@H](NC(=O)CCOCCOCCOCCOCCNC(=O)CCC(=O)N3Cc4ccccc4C#Cc4ccccc43)C(C)C)cc2)O1. The highest BCUT2D eigenvalue weighted by molar-refractivity contribution is 6.02. The summed E-state index contributed by atoms with van der Waals surface area (Å²) < 4.78 is 80.1. The minimum atomic E-state index is -2.38. The van der Waals surface area contributed by atoms with Gasteiger partial charge in [0.05, 0.1) is 77.3 Å². The van der Waals surface area contributed by atoms with Crippen molar-refractivity contribution < 1.29 is 99.7 Å². The Kier molecular flexibility index (Phi) is 29.2. The Morgan fingerprint density at radius 1 is 0.748 bits per heavy atom. The maximum absolute atomic E-state index is 17.9. The van der Waals surface area contributed by atoms with Gasteiger partial charge in [0.1, 0.15) is 44.7 Å². The number of alkyl carbamates (subject to hydrolysis) is 1. The molecule has 3 aromatic carbocycles. The van der Waals surface area contributed by atoms with E-state index >= 15 is 8.78 Å². The second-order valence-electron chi connectivity index (χ2n) is 28.2. The highest BCUT2D eigenvalue weighted by Gasteiger charge is 2.80.